The Bertz CT molecular complexity index is 1180. The van der Waals surface area contributed by atoms with Crippen LogP contribution in [0, 0.1) is 19.8 Å². The number of carbonyl (C=O) groups excluding carboxylic acids is 3. The normalized spacial score (nSPS) is 15.8. The summed E-state index contributed by atoms with van der Waals surface area (Å²) in [4.78, 5) is 42.5. The van der Waals surface area contributed by atoms with Crippen LogP contribution in [0.1, 0.15) is 30.2 Å². The molecular formula is C23H24N4O4S. The van der Waals surface area contributed by atoms with Crippen molar-refractivity contribution >= 4 is 39.9 Å². The quantitative estimate of drug-likeness (QED) is 0.594. The Hall–Kier alpha value is -3.46. The lowest BCUT2D eigenvalue weighted by Crippen LogP contribution is -2.28. The predicted octanol–water partition coefficient (Wildman–Crippen LogP) is 3.65. The van der Waals surface area contributed by atoms with Crippen molar-refractivity contribution in [1.29, 1.82) is 0 Å². The first kappa shape index (κ1) is 21.8. The molecule has 3 heterocycles. The van der Waals surface area contributed by atoms with Crippen molar-refractivity contribution in [1.82, 2.24) is 10.3 Å². The number of carbonyl (C=O) groups is 3. The third-order valence-corrected chi connectivity index (χ3v) is 6.28. The van der Waals surface area contributed by atoms with E-state index in [2.05, 4.69) is 15.6 Å². The number of amides is 3. The Labute approximate surface area is 189 Å². The molecule has 166 valence electrons. The predicted molar refractivity (Wildman–Crippen MR) is 122 cm³/mol. The summed E-state index contributed by atoms with van der Waals surface area (Å²) in [5, 5.41) is 7.74. The number of hydrogen-bond acceptors (Lipinski definition) is 6. The fourth-order valence-corrected chi connectivity index (χ4v) is 4.32. The van der Waals surface area contributed by atoms with Crippen molar-refractivity contribution in [3.8, 4) is 11.5 Å². The molecule has 2 N–H and O–H groups in total. The van der Waals surface area contributed by atoms with Crippen LogP contribution in [0.25, 0.3) is 11.5 Å². The van der Waals surface area contributed by atoms with Crippen molar-refractivity contribution in [3.63, 3.8) is 0 Å². The van der Waals surface area contributed by atoms with Gasteiger partial charge in [-0.25, -0.2) is 4.98 Å². The fraction of sp³-hybridized carbons (Fsp3) is 0.304. The van der Waals surface area contributed by atoms with Gasteiger partial charge in [0.05, 0.1) is 12.5 Å². The molecule has 4 rings (SSSR count). The molecular weight excluding hydrogens is 428 g/mol. The third-order valence-electron chi connectivity index (χ3n) is 5.52. The molecule has 1 fully saturated rings. The SMILES string of the molecule is CC(=O)NCc1ccc(-c2csc(NC(=O)C3CC(=O)N(c4cccc(C)c4C)C3)n2)o1. The molecule has 1 aliphatic heterocycles. The van der Waals surface area contributed by atoms with E-state index >= 15 is 0 Å². The molecule has 2 aromatic heterocycles. The van der Waals surface area contributed by atoms with E-state index in [9.17, 15) is 14.4 Å². The molecule has 3 aromatic rings. The lowest BCUT2D eigenvalue weighted by Gasteiger charge is -2.20. The Balaban J connectivity index is 1.40. The number of aryl methyl sites for hydroxylation is 1. The molecule has 1 aromatic carbocycles. The minimum absolute atomic E-state index is 0.0547. The maximum absolute atomic E-state index is 12.8. The molecule has 32 heavy (non-hydrogen) atoms. The third kappa shape index (κ3) is 4.57. The number of thiazole rings is 1. The Morgan fingerprint density at radius 3 is 2.84 bits per heavy atom. The average Bonchev–Trinajstić information content (AvgIpc) is 3.48. The topological polar surface area (TPSA) is 105 Å². The van der Waals surface area contributed by atoms with Gasteiger partial charge < -0.3 is 20.0 Å². The van der Waals surface area contributed by atoms with Crippen molar-refractivity contribution in [2.45, 2.75) is 33.7 Å². The van der Waals surface area contributed by atoms with E-state index < -0.39 is 5.92 Å². The summed E-state index contributed by atoms with van der Waals surface area (Å²) >= 11 is 1.29. The first-order valence-corrected chi connectivity index (χ1v) is 11.2. The standard InChI is InChI=1S/C23H24N4O4S/c1-13-5-4-6-19(14(13)2)27-11-16(9-21(27)29)22(30)26-23-25-18(12-32-23)20-8-7-17(31-20)10-24-15(3)28/h4-8,12,16H,9-11H2,1-3H3,(H,24,28)(H,25,26,30). The molecule has 1 aliphatic rings. The zero-order chi connectivity index (χ0) is 22.8. The van der Waals surface area contributed by atoms with Crippen molar-refractivity contribution in [2.75, 3.05) is 16.8 Å². The smallest absolute Gasteiger partial charge is 0.231 e. The Morgan fingerprint density at radius 1 is 1.25 bits per heavy atom. The molecule has 0 aliphatic carbocycles. The lowest BCUT2D eigenvalue weighted by molar-refractivity contribution is -0.122. The molecule has 8 nitrogen and oxygen atoms in total. The molecule has 0 spiro atoms. The van der Waals surface area contributed by atoms with Gasteiger partial charge in [0.15, 0.2) is 10.9 Å². The summed E-state index contributed by atoms with van der Waals surface area (Å²) in [6, 6.07) is 9.39. The van der Waals surface area contributed by atoms with Gasteiger partial charge in [-0.05, 0) is 43.2 Å². The lowest BCUT2D eigenvalue weighted by atomic mass is 10.1. The van der Waals surface area contributed by atoms with Crippen LogP contribution in [0.2, 0.25) is 0 Å². The van der Waals surface area contributed by atoms with Gasteiger partial charge in [0, 0.05) is 31.0 Å². The second kappa shape index (κ2) is 8.96. The highest BCUT2D eigenvalue weighted by Gasteiger charge is 2.36. The number of nitrogens with one attached hydrogen (secondary N) is 2. The van der Waals surface area contributed by atoms with Crippen LogP contribution < -0.4 is 15.5 Å². The van der Waals surface area contributed by atoms with E-state index in [1.165, 1.54) is 18.3 Å². The van der Waals surface area contributed by atoms with Crippen LogP contribution in [0.15, 0.2) is 40.1 Å². The van der Waals surface area contributed by atoms with Crippen LogP contribution in [0.5, 0.6) is 0 Å². The van der Waals surface area contributed by atoms with E-state index in [-0.39, 0.29) is 24.1 Å². The van der Waals surface area contributed by atoms with Crippen molar-refractivity contribution in [3.05, 3.63) is 52.6 Å². The molecule has 3 amide bonds. The summed E-state index contributed by atoms with van der Waals surface area (Å²) in [6.07, 6.45) is 0.169. The number of hydrogen-bond donors (Lipinski definition) is 2. The highest BCUT2D eigenvalue weighted by Crippen LogP contribution is 2.31. The van der Waals surface area contributed by atoms with Crippen molar-refractivity contribution in [2.24, 2.45) is 5.92 Å². The number of nitrogens with zero attached hydrogens (tertiary/aromatic N) is 2. The average molecular weight is 453 g/mol. The molecule has 9 heteroatoms. The van der Waals surface area contributed by atoms with Crippen LogP contribution >= 0.6 is 11.3 Å². The van der Waals surface area contributed by atoms with Crippen LogP contribution in [0.4, 0.5) is 10.8 Å². The highest BCUT2D eigenvalue weighted by atomic mass is 32.1. The molecule has 1 unspecified atom stereocenters. The second-order valence-corrected chi connectivity index (χ2v) is 8.69. The molecule has 1 atom stereocenters. The van der Waals surface area contributed by atoms with Gasteiger partial charge in [0.25, 0.3) is 0 Å². The first-order valence-electron chi connectivity index (χ1n) is 10.3. The number of rotatable bonds is 6. The highest BCUT2D eigenvalue weighted by molar-refractivity contribution is 7.14. The summed E-state index contributed by atoms with van der Waals surface area (Å²) in [6.45, 7) is 6.08. The molecule has 1 saturated heterocycles. The number of aromatic nitrogens is 1. The molecule has 0 radical (unpaired) electrons. The summed E-state index contributed by atoms with van der Waals surface area (Å²) in [5.41, 5.74) is 3.60. The monoisotopic (exact) mass is 452 g/mol. The molecule has 0 saturated carbocycles. The van der Waals surface area contributed by atoms with E-state index in [0.29, 0.717) is 35.4 Å². The van der Waals surface area contributed by atoms with Gasteiger partial charge in [0.2, 0.25) is 17.7 Å². The fourth-order valence-electron chi connectivity index (χ4n) is 3.62. The summed E-state index contributed by atoms with van der Waals surface area (Å²) in [5.74, 6) is 0.314. The number of anilines is 2. The van der Waals surface area contributed by atoms with Gasteiger partial charge in [-0.2, -0.15) is 0 Å². The maximum atomic E-state index is 12.8. The number of benzene rings is 1. The minimum atomic E-state index is -0.442. The first-order chi connectivity index (χ1) is 15.3. The maximum Gasteiger partial charge on any atom is 0.231 e. The summed E-state index contributed by atoms with van der Waals surface area (Å²) in [7, 11) is 0. The van der Waals surface area contributed by atoms with E-state index in [0.717, 1.165) is 16.8 Å². The van der Waals surface area contributed by atoms with Gasteiger partial charge >= 0.3 is 0 Å². The van der Waals surface area contributed by atoms with E-state index in [1.54, 1.807) is 22.4 Å². The van der Waals surface area contributed by atoms with Gasteiger partial charge in [0.1, 0.15) is 11.5 Å². The summed E-state index contributed by atoms with van der Waals surface area (Å²) < 4.78 is 5.70. The Morgan fingerprint density at radius 2 is 2.06 bits per heavy atom. The van der Waals surface area contributed by atoms with Gasteiger partial charge in [-0.3, -0.25) is 14.4 Å². The number of furan rings is 1. The zero-order valence-corrected chi connectivity index (χ0v) is 18.9. The van der Waals surface area contributed by atoms with Crippen LogP contribution in [-0.4, -0.2) is 29.3 Å². The second-order valence-electron chi connectivity index (χ2n) is 7.83. The van der Waals surface area contributed by atoms with Crippen LogP contribution in [-0.2, 0) is 20.9 Å². The minimum Gasteiger partial charge on any atom is -0.458 e. The zero-order valence-electron chi connectivity index (χ0n) is 18.1. The Kier molecular flexibility index (Phi) is 6.09. The van der Waals surface area contributed by atoms with Crippen LogP contribution in [0.3, 0.4) is 0 Å². The van der Waals surface area contributed by atoms with Gasteiger partial charge in [-0.15, -0.1) is 11.3 Å². The van der Waals surface area contributed by atoms with E-state index in [1.807, 2.05) is 32.0 Å². The van der Waals surface area contributed by atoms with E-state index in [4.69, 9.17) is 4.42 Å². The van der Waals surface area contributed by atoms with Gasteiger partial charge in [-0.1, -0.05) is 12.1 Å². The molecule has 0 bridgehead atoms. The van der Waals surface area contributed by atoms with Crippen molar-refractivity contribution < 1.29 is 18.8 Å². The largest absolute Gasteiger partial charge is 0.458 e.